The molecule has 19 heavy (non-hydrogen) atoms. The molecule has 96 valence electrons. The number of hydrogen-bond acceptors (Lipinski definition) is 4. The molecule has 1 amide bonds. The molecule has 1 N–H and O–H groups in total. The number of benzene rings is 1. The third-order valence-electron chi connectivity index (χ3n) is 3.27. The van der Waals surface area contributed by atoms with Gasteiger partial charge in [0.25, 0.3) is 5.91 Å². The third kappa shape index (κ3) is 2.27. The summed E-state index contributed by atoms with van der Waals surface area (Å²) >= 11 is 0. The van der Waals surface area contributed by atoms with Gasteiger partial charge in [-0.25, -0.2) is 4.98 Å². The number of phenolic OH excluding ortho intramolecular Hbond substituents is 1. The lowest BCUT2D eigenvalue weighted by atomic mass is 9.99. The van der Waals surface area contributed by atoms with Gasteiger partial charge in [-0.2, -0.15) is 0 Å². The van der Waals surface area contributed by atoms with E-state index in [4.69, 9.17) is 0 Å². The van der Waals surface area contributed by atoms with Gasteiger partial charge in [0.05, 0.1) is 6.20 Å². The fourth-order valence-corrected chi connectivity index (χ4v) is 2.29. The molecule has 0 unspecified atom stereocenters. The lowest BCUT2D eigenvalue weighted by Crippen LogP contribution is -2.36. The Bertz CT molecular complexity index is 613. The first-order valence-corrected chi connectivity index (χ1v) is 6.10. The predicted octanol–water partition coefficient (Wildman–Crippen LogP) is 1.38. The summed E-state index contributed by atoms with van der Waals surface area (Å²) in [6, 6.07) is 5.30. The Balaban J connectivity index is 1.84. The van der Waals surface area contributed by atoms with Crippen molar-refractivity contribution in [1.29, 1.82) is 0 Å². The molecule has 0 aliphatic carbocycles. The number of phenols is 1. The molecule has 0 bridgehead atoms. The number of aromatic nitrogens is 2. The Kier molecular flexibility index (Phi) is 2.87. The van der Waals surface area contributed by atoms with Crippen LogP contribution in [0, 0.1) is 0 Å². The van der Waals surface area contributed by atoms with E-state index < -0.39 is 0 Å². The minimum Gasteiger partial charge on any atom is -0.508 e. The van der Waals surface area contributed by atoms with Crippen molar-refractivity contribution < 1.29 is 9.90 Å². The van der Waals surface area contributed by atoms with Gasteiger partial charge >= 0.3 is 0 Å². The fourth-order valence-electron chi connectivity index (χ4n) is 2.29. The van der Waals surface area contributed by atoms with Crippen molar-refractivity contribution in [2.75, 3.05) is 6.54 Å². The molecule has 2 heterocycles. The van der Waals surface area contributed by atoms with E-state index in [9.17, 15) is 9.90 Å². The lowest BCUT2D eigenvalue weighted by molar-refractivity contribution is 0.0728. The first-order valence-electron chi connectivity index (χ1n) is 6.10. The standard InChI is InChI=1S/C14H13N3O2/c18-12-2-1-10-3-6-17(9-11(10)7-12)14(19)13-8-15-4-5-16-13/h1-2,4-5,7-8,18H,3,6,9H2. The predicted molar refractivity (Wildman–Crippen MR) is 68.6 cm³/mol. The average Bonchev–Trinajstić information content (AvgIpc) is 2.46. The minimum absolute atomic E-state index is 0.123. The van der Waals surface area contributed by atoms with E-state index in [0.29, 0.717) is 18.8 Å². The zero-order chi connectivity index (χ0) is 13.2. The summed E-state index contributed by atoms with van der Waals surface area (Å²) in [6.07, 6.45) is 5.32. The first kappa shape index (κ1) is 11.6. The smallest absolute Gasteiger partial charge is 0.274 e. The summed E-state index contributed by atoms with van der Waals surface area (Å²) in [5, 5.41) is 9.50. The van der Waals surface area contributed by atoms with E-state index in [2.05, 4.69) is 9.97 Å². The fraction of sp³-hybridized carbons (Fsp3) is 0.214. The SMILES string of the molecule is O=C(c1cnccn1)N1CCc2ccc(O)cc2C1. The highest BCUT2D eigenvalue weighted by Gasteiger charge is 2.22. The van der Waals surface area contributed by atoms with Crippen LogP contribution in [0.5, 0.6) is 5.75 Å². The first-order chi connectivity index (χ1) is 9.24. The number of amides is 1. The molecule has 0 fully saturated rings. The lowest BCUT2D eigenvalue weighted by Gasteiger charge is -2.28. The molecule has 1 aromatic heterocycles. The van der Waals surface area contributed by atoms with Crippen LogP contribution in [0.2, 0.25) is 0 Å². The third-order valence-corrected chi connectivity index (χ3v) is 3.27. The van der Waals surface area contributed by atoms with Gasteiger partial charge < -0.3 is 10.0 Å². The number of hydrogen-bond donors (Lipinski definition) is 1. The van der Waals surface area contributed by atoms with Crippen LogP contribution in [0.1, 0.15) is 21.6 Å². The van der Waals surface area contributed by atoms with Crippen LogP contribution < -0.4 is 0 Å². The van der Waals surface area contributed by atoms with E-state index in [1.165, 1.54) is 18.0 Å². The summed E-state index contributed by atoms with van der Waals surface area (Å²) in [6.45, 7) is 1.16. The van der Waals surface area contributed by atoms with Gasteiger partial charge in [-0.3, -0.25) is 9.78 Å². The van der Waals surface area contributed by atoms with Gasteiger partial charge in [-0.1, -0.05) is 6.07 Å². The number of carbonyl (C=O) groups is 1. The second-order valence-electron chi connectivity index (χ2n) is 4.52. The number of aromatic hydroxyl groups is 1. The van der Waals surface area contributed by atoms with Crippen LogP contribution >= 0.6 is 0 Å². The van der Waals surface area contributed by atoms with Crippen LogP contribution in [-0.2, 0) is 13.0 Å². The number of carbonyl (C=O) groups excluding carboxylic acids is 1. The van der Waals surface area contributed by atoms with Gasteiger partial charge in [0, 0.05) is 25.5 Å². The van der Waals surface area contributed by atoms with E-state index in [-0.39, 0.29) is 11.7 Å². The second kappa shape index (κ2) is 4.68. The van der Waals surface area contributed by atoms with Crippen molar-refractivity contribution >= 4 is 5.91 Å². The quantitative estimate of drug-likeness (QED) is 0.836. The van der Waals surface area contributed by atoms with Crippen LogP contribution in [0.4, 0.5) is 0 Å². The minimum atomic E-state index is -0.123. The highest BCUT2D eigenvalue weighted by Crippen LogP contribution is 2.23. The van der Waals surface area contributed by atoms with Crippen molar-refractivity contribution in [1.82, 2.24) is 14.9 Å². The maximum absolute atomic E-state index is 12.3. The molecule has 0 spiro atoms. The van der Waals surface area contributed by atoms with Crippen LogP contribution in [0.3, 0.4) is 0 Å². The molecule has 1 aliphatic rings. The van der Waals surface area contributed by atoms with Crippen LogP contribution in [0.25, 0.3) is 0 Å². The maximum Gasteiger partial charge on any atom is 0.274 e. The van der Waals surface area contributed by atoms with E-state index in [0.717, 1.165) is 12.0 Å². The summed E-state index contributed by atoms with van der Waals surface area (Å²) in [5.74, 6) is 0.106. The second-order valence-corrected chi connectivity index (χ2v) is 4.52. The van der Waals surface area contributed by atoms with E-state index in [1.807, 2.05) is 6.07 Å². The van der Waals surface area contributed by atoms with Crippen molar-refractivity contribution in [3.63, 3.8) is 0 Å². The highest BCUT2D eigenvalue weighted by molar-refractivity contribution is 5.92. The summed E-state index contributed by atoms with van der Waals surface area (Å²) in [4.78, 5) is 21.9. The topological polar surface area (TPSA) is 66.3 Å². The monoisotopic (exact) mass is 255 g/mol. The van der Waals surface area contributed by atoms with Crippen LogP contribution in [0.15, 0.2) is 36.8 Å². The van der Waals surface area contributed by atoms with E-state index in [1.54, 1.807) is 23.2 Å². The van der Waals surface area contributed by atoms with E-state index >= 15 is 0 Å². The summed E-state index contributed by atoms with van der Waals surface area (Å²) in [5.41, 5.74) is 2.52. The molecule has 5 heteroatoms. The molecule has 2 aromatic rings. The zero-order valence-corrected chi connectivity index (χ0v) is 10.3. The van der Waals surface area contributed by atoms with Crippen molar-refractivity contribution in [3.8, 4) is 5.75 Å². The molecule has 0 radical (unpaired) electrons. The molecule has 1 aromatic carbocycles. The normalized spacial score (nSPS) is 14.0. The molecule has 0 saturated heterocycles. The van der Waals surface area contributed by atoms with Crippen LogP contribution in [-0.4, -0.2) is 32.4 Å². The zero-order valence-electron chi connectivity index (χ0n) is 10.3. The molecule has 1 aliphatic heterocycles. The Morgan fingerprint density at radius 1 is 1.26 bits per heavy atom. The van der Waals surface area contributed by atoms with Gasteiger partial charge in [0.2, 0.25) is 0 Å². The largest absolute Gasteiger partial charge is 0.508 e. The van der Waals surface area contributed by atoms with Crippen molar-refractivity contribution in [3.05, 3.63) is 53.6 Å². The van der Waals surface area contributed by atoms with Crippen molar-refractivity contribution in [2.45, 2.75) is 13.0 Å². The van der Waals surface area contributed by atoms with Gasteiger partial charge in [0.15, 0.2) is 0 Å². The molecular weight excluding hydrogens is 242 g/mol. The number of rotatable bonds is 1. The molecule has 5 nitrogen and oxygen atoms in total. The highest BCUT2D eigenvalue weighted by atomic mass is 16.3. The Labute approximate surface area is 110 Å². The average molecular weight is 255 g/mol. The van der Waals surface area contributed by atoms with Gasteiger partial charge in [-0.15, -0.1) is 0 Å². The Hall–Kier alpha value is -2.43. The summed E-state index contributed by atoms with van der Waals surface area (Å²) in [7, 11) is 0. The maximum atomic E-state index is 12.3. The molecule has 0 saturated carbocycles. The number of fused-ring (bicyclic) bond motifs is 1. The van der Waals surface area contributed by atoms with Gasteiger partial charge in [-0.05, 0) is 29.7 Å². The molecule has 3 rings (SSSR count). The number of nitrogens with zero attached hydrogens (tertiary/aromatic N) is 3. The Morgan fingerprint density at radius 2 is 2.16 bits per heavy atom. The molecular formula is C14H13N3O2. The van der Waals surface area contributed by atoms with Crippen molar-refractivity contribution in [2.24, 2.45) is 0 Å². The molecule has 0 atom stereocenters. The summed E-state index contributed by atoms with van der Waals surface area (Å²) < 4.78 is 0. The van der Waals surface area contributed by atoms with Gasteiger partial charge in [0.1, 0.15) is 11.4 Å². The Morgan fingerprint density at radius 3 is 2.95 bits per heavy atom.